The molecular formula is C21H14N3S+. The summed E-state index contributed by atoms with van der Waals surface area (Å²) >= 11 is 1.84. The van der Waals surface area contributed by atoms with E-state index in [9.17, 15) is 0 Å². The van der Waals surface area contributed by atoms with Crippen molar-refractivity contribution < 1.29 is 4.57 Å². The summed E-state index contributed by atoms with van der Waals surface area (Å²) in [5.41, 5.74) is 6.22. The van der Waals surface area contributed by atoms with Gasteiger partial charge in [-0.1, -0.05) is 30.3 Å². The summed E-state index contributed by atoms with van der Waals surface area (Å²) in [6.45, 7) is 0.904. The lowest BCUT2D eigenvalue weighted by Crippen LogP contribution is -2.30. The molecule has 3 nitrogen and oxygen atoms in total. The summed E-state index contributed by atoms with van der Waals surface area (Å²) < 4.78 is 4.81. The minimum Gasteiger partial charge on any atom is -0.295 e. The zero-order valence-electron chi connectivity index (χ0n) is 13.4. The zero-order chi connectivity index (χ0) is 16.4. The molecule has 1 aliphatic heterocycles. The third-order valence-corrected chi connectivity index (χ3v) is 6.13. The normalized spacial score (nSPS) is 12.6. The molecule has 3 aromatic heterocycles. The van der Waals surface area contributed by atoms with Crippen molar-refractivity contribution in [2.24, 2.45) is 0 Å². The third-order valence-electron chi connectivity index (χ3n) is 4.95. The minimum atomic E-state index is 0.904. The second-order valence-corrected chi connectivity index (χ2v) is 7.32. The fourth-order valence-corrected chi connectivity index (χ4v) is 5.23. The fourth-order valence-electron chi connectivity index (χ4n) is 3.89. The predicted octanol–water partition coefficient (Wildman–Crippen LogP) is 4.56. The van der Waals surface area contributed by atoms with E-state index >= 15 is 0 Å². The van der Waals surface area contributed by atoms with E-state index in [1.807, 2.05) is 23.6 Å². The molecule has 5 aromatic rings. The van der Waals surface area contributed by atoms with Gasteiger partial charge in [-0.25, -0.2) is 4.98 Å². The summed E-state index contributed by atoms with van der Waals surface area (Å²) in [7, 11) is 0. The molecule has 0 atom stereocenters. The molecule has 0 saturated heterocycles. The maximum Gasteiger partial charge on any atom is 0.291 e. The largest absolute Gasteiger partial charge is 0.295 e. The molecule has 25 heavy (non-hydrogen) atoms. The van der Waals surface area contributed by atoms with E-state index in [2.05, 4.69) is 74.8 Å². The molecule has 4 heteroatoms. The quantitative estimate of drug-likeness (QED) is 0.402. The maximum absolute atomic E-state index is 4.64. The van der Waals surface area contributed by atoms with Gasteiger partial charge in [0, 0.05) is 11.9 Å². The Bertz CT molecular complexity index is 1260. The molecular weight excluding hydrogens is 326 g/mol. The van der Waals surface area contributed by atoms with Gasteiger partial charge in [-0.15, -0.1) is 0 Å². The Hall–Kier alpha value is -2.98. The fraction of sp³-hybridized carbons (Fsp3) is 0.0476. The summed E-state index contributed by atoms with van der Waals surface area (Å²) in [4.78, 5) is 5.93. The van der Waals surface area contributed by atoms with Gasteiger partial charge in [-0.05, 0) is 47.7 Å². The summed E-state index contributed by atoms with van der Waals surface area (Å²) in [6.07, 6.45) is 1.89. The van der Waals surface area contributed by atoms with Gasteiger partial charge in [0.25, 0.3) is 10.5 Å². The molecule has 0 fully saturated rings. The van der Waals surface area contributed by atoms with Crippen LogP contribution in [-0.2, 0) is 6.54 Å². The lowest BCUT2D eigenvalue weighted by atomic mass is 10.2. The van der Waals surface area contributed by atoms with Gasteiger partial charge < -0.3 is 0 Å². The van der Waals surface area contributed by atoms with Crippen LogP contribution in [0.3, 0.4) is 0 Å². The third kappa shape index (κ3) is 1.69. The molecule has 4 heterocycles. The van der Waals surface area contributed by atoms with Crippen LogP contribution >= 0.6 is 11.3 Å². The lowest BCUT2D eigenvalue weighted by Gasteiger charge is -2.04. The average molecular weight is 340 g/mol. The number of benzene rings is 2. The molecule has 6 rings (SSSR count). The summed E-state index contributed by atoms with van der Waals surface area (Å²) in [6, 6.07) is 23.5. The first-order chi connectivity index (χ1) is 12.4. The van der Waals surface area contributed by atoms with Crippen molar-refractivity contribution in [2.45, 2.75) is 6.54 Å². The molecule has 0 spiro atoms. The molecule has 0 aliphatic carbocycles. The van der Waals surface area contributed by atoms with Crippen molar-refractivity contribution >= 4 is 32.6 Å². The Morgan fingerprint density at radius 2 is 1.76 bits per heavy atom. The highest BCUT2D eigenvalue weighted by molar-refractivity contribution is 7.21. The first-order valence-corrected chi connectivity index (χ1v) is 9.19. The number of thiazole rings is 1. The van der Waals surface area contributed by atoms with Gasteiger partial charge in [0.1, 0.15) is 0 Å². The van der Waals surface area contributed by atoms with Gasteiger partial charge in [0.2, 0.25) is 0 Å². The van der Waals surface area contributed by atoms with Crippen molar-refractivity contribution in [1.29, 1.82) is 0 Å². The van der Waals surface area contributed by atoms with E-state index in [1.165, 1.54) is 37.5 Å². The second-order valence-electron chi connectivity index (χ2n) is 6.35. The van der Waals surface area contributed by atoms with E-state index in [0.29, 0.717) is 0 Å². The van der Waals surface area contributed by atoms with Crippen LogP contribution in [0, 0.1) is 0 Å². The molecule has 0 radical (unpaired) electrons. The van der Waals surface area contributed by atoms with Crippen LogP contribution < -0.4 is 4.57 Å². The van der Waals surface area contributed by atoms with Crippen LogP contribution in [0.1, 0.15) is 5.56 Å². The second kappa shape index (κ2) is 4.77. The van der Waals surface area contributed by atoms with Gasteiger partial charge in [0.15, 0.2) is 17.1 Å². The Labute approximate surface area is 148 Å². The Balaban J connectivity index is 1.78. The summed E-state index contributed by atoms with van der Waals surface area (Å²) in [5, 5.41) is 2.56. The number of nitrogens with zero attached hydrogens (tertiary/aromatic N) is 3. The predicted molar refractivity (Wildman–Crippen MR) is 101 cm³/mol. The van der Waals surface area contributed by atoms with Crippen molar-refractivity contribution in [3.63, 3.8) is 0 Å². The van der Waals surface area contributed by atoms with Crippen LogP contribution in [0.2, 0.25) is 0 Å². The molecule has 2 aromatic carbocycles. The Kier molecular flexibility index (Phi) is 2.54. The Morgan fingerprint density at radius 3 is 2.68 bits per heavy atom. The number of fused-ring (bicyclic) bond motifs is 7. The zero-order valence-corrected chi connectivity index (χ0v) is 14.2. The van der Waals surface area contributed by atoms with Gasteiger partial charge in [-0.2, -0.15) is 4.57 Å². The molecule has 0 unspecified atom stereocenters. The van der Waals surface area contributed by atoms with E-state index in [4.69, 9.17) is 0 Å². The minimum absolute atomic E-state index is 0.904. The first kappa shape index (κ1) is 13.3. The van der Waals surface area contributed by atoms with Gasteiger partial charge >= 0.3 is 0 Å². The Morgan fingerprint density at radius 1 is 0.920 bits per heavy atom. The van der Waals surface area contributed by atoms with E-state index < -0.39 is 0 Å². The van der Waals surface area contributed by atoms with Crippen molar-refractivity contribution in [1.82, 2.24) is 9.55 Å². The number of aromatic nitrogens is 3. The highest BCUT2D eigenvalue weighted by Crippen LogP contribution is 2.40. The molecule has 0 bridgehead atoms. The number of para-hydroxylation sites is 2. The van der Waals surface area contributed by atoms with Gasteiger partial charge in [0.05, 0.1) is 16.5 Å². The highest BCUT2D eigenvalue weighted by atomic mass is 32.1. The smallest absolute Gasteiger partial charge is 0.291 e. The van der Waals surface area contributed by atoms with Crippen LogP contribution in [0.15, 0.2) is 72.9 Å². The first-order valence-electron chi connectivity index (χ1n) is 8.37. The van der Waals surface area contributed by atoms with E-state index in [0.717, 1.165) is 12.2 Å². The number of hydrogen-bond donors (Lipinski definition) is 0. The topological polar surface area (TPSA) is 21.7 Å². The van der Waals surface area contributed by atoms with Crippen LogP contribution in [0.4, 0.5) is 0 Å². The van der Waals surface area contributed by atoms with Crippen molar-refractivity contribution in [2.75, 3.05) is 0 Å². The van der Waals surface area contributed by atoms with Gasteiger partial charge in [-0.3, -0.25) is 4.57 Å². The maximum atomic E-state index is 4.64. The van der Waals surface area contributed by atoms with Crippen molar-refractivity contribution in [3.8, 4) is 16.4 Å². The number of hydrogen-bond acceptors (Lipinski definition) is 2. The monoisotopic (exact) mass is 340 g/mol. The summed E-state index contributed by atoms with van der Waals surface area (Å²) in [5.74, 6) is 0. The number of rotatable bonds is 1. The number of pyridine rings is 1. The van der Waals surface area contributed by atoms with Crippen molar-refractivity contribution in [3.05, 3.63) is 78.5 Å². The molecule has 0 saturated carbocycles. The standard InChI is InChI=1S/C21H14N3S/c1-2-8-15(9-3-1)24-17-11-5-4-10-16(17)19-21(24)25-20-18-14(13-23(19)20)7-6-12-22-18/h1-12H,13H2/q+1. The van der Waals surface area contributed by atoms with Crippen LogP contribution in [-0.4, -0.2) is 9.55 Å². The van der Waals surface area contributed by atoms with E-state index in [-0.39, 0.29) is 0 Å². The molecule has 1 aliphatic rings. The SMILES string of the molecule is c1ccc(-n2c3ccccc3c3c2sc2[n+]3Cc3cccnc3-2)cc1. The molecule has 0 amide bonds. The van der Waals surface area contributed by atoms with Crippen LogP contribution in [0.5, 0.6) is 0 Å². The molecule has 0 N–H and O–H groups in total. The average Bonchev–Trinajstić information content (AvgIpc) is 3.29. The van der Waals surface area contributed by atoms with Crippen LogP contribution in [0.25, 0.3) is 37.6 Å². The lowest BCUT2D eigenvalue weighted by molar-refractivity contribution is -0.641. The van der Waals surface area contributed by atoms with E-state index in [1.54, 1.807) is 0 Å². The highest BCUT2D eigenvalue weighted by Gasteiger charge is 2.36. The molecule has 118 valence electrons.